The largest absolute Gasteiger partial charge is 0.390 e. The standard InChI is InChI=1S/C10H22N2O/c1-3-5-6-11-9-7-12(4-2)8-10(9)13/h9-11,13H,3-8H2,1-2H3/t9-,10-/m1/s1. The van der Waals surface area contributed by atoms with Crippen LogP contribution in [0, 0.1) is 0 Å². The number of rotatable bonds is 5. The lowest BCUT2D eigenvalue weighted by Gasteiger charge is -2.15. The van der Waals surface area contributed by atoms with Gasteiger partial charge in [-0.05, 0) is 19.5 Å². The van der Waals surface area contributed by atoms with Gasteiger partial charge in [0, 0.05) is 19.1 Å². The third kappa shape index (κ3) is 3.25. The average molecular weight is 186 g/mol. The van der Waals surface area contributed by atoms with Gasteiger partial charge >= 0.3 is 0 Å². The van der Waals surface area contributed by atoms with Gasteiger partial charge in [-0.1, -0.05) is 20.3 Å². The van der Waals surface area contributed by atoms with E-state index in [2.05, 4.69) is 24.1 Å². The first-order valence-electron chi connectivity index (χ1n) is 5.41. The minimum absolute atomic E-state index is 0.170. The third-order valence-electron chi connectivity index (χ3n) is 2.75. The summed E-state index contributed by atoms with van der Waals surface area (Å²) in [6.07, 6.45) is 2.25. The Kier molecular flexibility index (Phi) is 4.70. The lowest BCUT2D eigenvalue weighted by molar-refractivity contribution is 0.155. The van der Waals surface area contributed by atoms with Crippen LogP contribution in [0.2, 0.25) is 0 Å². The van der Waals surface area contributed by atoms with Gasteiger partial charge in [0.05, 0.1) is 6.10 Å². The van der Waals surface area contributed by atoms with E-state index in [4.69, 9.17) is 0 Å². The number of aliphatic hydroxyl groups excluding tert-OH is 1. The fourth-order valence-electron chi connectivity index (χ4n) is 1.79. The van der Waals surface area contributed by atoms with Crippen LogP contribution in [0.1, 0.15) is 26.7 Å². The Morgan fingerprint density at radius 3 is 2.69 bits per heavy atom. The quantitative estimate of drug-likeness (QED) is 0.612. The molecule has 13 heavy (non-hydrogen) atoms. The Balaban J connectivity index is 2.18. The van der Waals surface area contributed by atoms with Crippen LogP contribution in [-0.4, -0.2) is 48.3 Å². The Morgan fingerprint density at radius 1 is 1.38 bits per heavy atom. The summed E-state index contributed by atoms with van der Waals surface area (Å²) in [7, 11) is 0. The minimum atomic E-state index is -0.170. The fourth-order valence-corrected chi connectivity index (χ4v) is 1.79. The summed E-state index contributed by atoms with van der Waals surface area (Å²) in [4.78, 5) is 2.29. The van der Waals surface area contributed by atoms with E-state index in [9.17, 15) is 5.11 Å². The van der Waals surface area contributed by atoms with Crippen LogP contribution in [0.15, 0.2) is 0 Å². The molecule has 0 spiro atoms. The molecule has 3 nitrogen and oxygen atoms in total. The second-order valence-corrected chi connectivity index (χ2v) is 3.83. The van der Waals surface area contributed by atoms with E-state index in [1.54, 1.807) is 0 Å². The first kappa shape index (κ1) is 11.0. The summed E-state index contributed by atoms with van der Waals surface area (Å²) >= 11 is 0. The highest BCUT2D eigenvalue weighted by atomic mass is 16.3. The van der Waals surface area contributed by atoms with Crippen molar-refractivity contribution in [3.05, 3.63) is 0 Å². The predicted molar refractivity (Wildman–Crippen MR) is 54.8 cm³/mol. The molecule has 1 aliphatic heterocycles. The molecule has 2 atom stereocenters. The highest BCUT2D eigenvalue weighted by Gasteiger charge is 2.29. The molecule has 0 unspecified atom stereocenters. The monoisotopic (exact) mass is 186 g/mol. The van der Waals surface area contributed by atoms with Crippen LogP contribution < -0.4 is 5.32 Å². The molecule has 0 radical (unpaired) electrons. The smallest absolute Gasteiger partial charge is 0.0832 e. The maximum absolute atomic E-state index is 9.69. The zero-order valence-electron chi connectivity index (χ0n) is 8.79. The highest BCUT2D eigenvalue weighted by Crippen LogP contribution is 2.09. The lowest BCUT2D eigenvalue weighted by atomic mass is 10.2. The molecule has 1 saturated heterocycles. The van der Waals surface area contributed by atoms with Gasteiger partial charge in [-0.15, -0.1) is 0 Å². The van der Waals surface area contributed by atoms with Gasteiger partial charge in [0.1, 0.15) is 0 Å². The number of aliphatic hydroxyl groups is 1. The van der Waals surface area contributed by atoms with Crippen molar-refractivity contribution in [2.45, 2.75) is 38.8 Å². The van der Waals surface area contributed by atoms with Crippen molar-refractivity contribution in [3.63, 3.8) is 0 Å². The minimum Gasteiger partial charge on any atom is -0.390 e. The molecule has 0 bridgehead atoms. The number of nitrogens with one attached hydrogen (secondary N) is 1. The summed E-state index contributed by atoms with van der Waals surface area (Å²) in [5.74, 6) is 0. The van der Waals surface area contributed by atoms with Crippen molar-refractivity contribution >= 4 is 0 Å². The van der Waals surface area contributed by atoms with E-state index in [1.807, 2.05) is 0 Å². The zero-order valence-corrected chi connectivity index (χ0v) is 8.79. The zero-order chi connectivity index (χ0) is 9.68. The Labute approximate surface area is 81.1 Å². The molecule has 1 fully saturated rings. The SMILES string of the molecule is CCCCN[C@@H]1CN(CC)C[C@H]1O. The van der Waals surface area contributed by atoms with Gasteiger partial charge in [0.15, 0.2) is 0 Å². The van der Waals surface area contributed by atoms with Crippen molar-refractivity contribution in [1.82, 2.24) is 10.2 Å². The highest BCUT2D eigenvalue weighted by molar-refractivity contribution is 4.88. The van der Waals surface area contributed by atoms with Crippen LogP contribution in [-0.2, 0) is 0 Å². The number of likely N-dealkylation sites (tertiary alicyclic amines) is 1. The topological polar surface area (TPSA) is 35.5 Å². The summed E-state index contributed by atoms with van der Waals surface area (Å²) in [6, 6.07) is 0.298. The van der Waals surface area contributed by atoms with Crippen molar-refractivity contribution < 1.29 is 5.11 Å². The average Bonchev–Trinajstić information content (AvgIpc) is 2.48. The second-order valence-electron chi connectivity index (χ2n) is 3.83. The van der Waals surface area contributed by atoms with Gasteiger partial charge in [-0.25, -0.2) is 0 Å². The Hall–Kier alpha value is -0.120. The molecule has 0 saturated carbocycles. The maximum atomic E-state index is 9.69. The molecule has 1 aliphatic rings. The maximum Gasteiger partial charge on any atom is 0.0832 e. The van der Waals surface area contributed by atoms with Crippen LogP contribution >= 0.6 is 0 Å². The molecular formula is C10H22N2O. The summed E-state index contributed by atoms with van der Waals surface area (Å²) in [6.45, 7) is 8.24. The molecule has 0 aromatic carbocycles. The first-order chi connectivity index (χ1) is 6.27. The van der Waals surface area contributed by atoms with Crippen LogP contribution in [0.25, 0.3) is 0 Å². The van der Waals surface area contributed by atoms with Crippen LogP contribution in [0.3, 0.4) is 0 Å². The van der Waals surface area contributed by atoms with Crippen molar-refractivity contribution in [1.29, 1.82) is 0 Å². The lowest BCUT2D eigenvalue weighted by Crippen LogP contribution is -2.39. The van der Waals surface area contributed by atoms with Gasteiger partial charge in [-0.2, -0.15) is 0 Å². The molecule has 0 aliphatic carbocycles. The number of hydrogen-bond acceptors (Lipinski definition) is 3. The Bertz CT molecular complexity index is 141. The molecule has 1 rings (SSSR count). The molecule has 78 valence electrons. The van der Waals surface area contributed by atoms with Crippen molar-refractivity contribution in [3.8, 4) is 0 Å². The summed E-state index contributed by atoms with van der Waals surface area (Å²) < 4.78 is 0. The van der Waals surface area contributed by atoms with Gasteiger partial charge < -0.3 is 10.4 Å². The van der Waals surface area contributed by atoms with E-state index in [0.717, 1.165) is 26.2 Å². The number of unbranched alkanes of at least 4 members (excludes halogenated alkanes) is 1. The van der Waals surface area contributed by atoms with Crippen molar-refractivity contribution in [2.24, 2.45) is 0 Å². The number of nitrogens with zero attached hydrogens (tertiary/aromatic N) is 1. The van der Waals surface area contributed by atoms with E-state index in [0.29, 0.717) is 6.04 Å². The normalized spacial score (nSPS) is 29.8. The number of hydrogen-bond donors (Lipinski definition) is 2. The summed E-state index contributed by atoms with van der Waals surface area (Å²) in [5.41, 5.74) is 0. The number of likely N-dealkylation sites (N-methyl/N-ethyl adjacent to an activating group) is 1. The van der Waals surface area contributed by atoms with Gasteiger partial charge in [0.2, 0.25) is 0 Å². The van der Waals surface area contributed by atoms with Crippen LogP contribution in [0.5, 0.6) is 0 Å². The van der Waals surface area contributed by atoms with Gasteiger partial charge in [-0.3, -0.25) is 4.90 Å². The molecule has 0 aromatic rings. The van der Waals surface area contributed by atoms with E-state index in [-0.39, 0.29) is 6.10 Å². The number of β-amino-alcohol motifs (C(OH)–C–C–N with tert-alkyl or cyclic N) is 1. The van der Waals surface area contributed by atoms with Crippen LogP contribution in [0.4, 0.5) is 0 Å². The van der Waals surface area contributed by atoms with E-state index >= 15 is 0 Å². The molecule has 2 N–H and O–H groups in total. The van der Waals surface area contributed by atoms with E-state index < -0.39 is 0 Å². The molecule has 0 aromatic heterocycles. The second kappa shape index (κ2) is 5.58. The molecule has 1 heterocycles. The first-order valence-corrected chi connectivity index (χ1v) is 5.41. The fraction of sp³-hybridized carbons (Fsp3) is 1.00. The molecular weight excluding hydrogens is 164 g/mol. The van der Waals surface area contributed by atoms with Crippen molar-refractivity contribution in [2.75, 3.05) is 26.2 Å². The molecule has 3 heteroatoms. The summed E-state index contributed by atoms with van der Waals surface area (Å²) in [5, 5.41) is 13.1. The Morgan fingerprint density at radius 2 is 2.15 bits per heavy atom. The predicted octanol–water partition coefficient (Wildman–Crippen LogP) is 0.441. The third-order valence-corrected chi connectivity index (χ3v) is 2.75. The van der Waals surface area contributed by atoms with E-state index in [1.165, 1.54) is 12.8 Å². The molecule has 0 amide bonds. The van der Waals surface area contributed by atoms with Gasteiger partial charge in [0.25, 0.3) is 0 Å².